The van der Waals surface area contributed by atoms with Gasteiger partial charge >= 0.3 is 29.9 Å². The van der Waals surface area contributed by atoms with E-state index in [0.717, 1.165) is 99.8 Å². The number of likely N-dealkylation sites (N-methyl/N-ethyl adjacent to an activating group) is 1. The fraction of sp³-hybridized carbons (Fsp3) is 0.496. The van der Waals surface area contributed by atoms with Gasteiger partial charge in [0.2, 0.25) is 17.7 Å². The lowest BCUT2D eigenvalue weighted by Crippen LogP contribution is -2.46. The van der Waals surface area contributed by atoms with Gasteiger partial charge in [0.15, 0.2) is 17.3 Å². The minimum atomic E-state index is -1.23. The Hall–Kier alpha value is -11.9. The largest absolute Gasteiger partial charge is 0.492 e. The maximum Gasteiger partial charge on any atom is 0.344 e. The predicted molar refractivity (Wildman–Crippen MR) is 566 cm³/mol. The first-order valence-corrected chi connectivity index (χ1v) is 51.1. The van der Waals surface area contributed by atoms with Crippen molar-refractivity contribution >= 4 is 87.1 Å². The van der Waals surface area contributed by atoms with Crippen LogP contribution in [-0.4, -0.2) is 160 Å². The van der Waals surface area contributed by atoms with Gasteiger partial charge in [0, 0.05) is 97.0 Å². The van der Waals surface area contributed by atoms with E-state index in [0.29, 0.717) is 61.6 Å². The number of fused-ring (bicyclic) bond motifs is 5. The van der Waals surface area contributed by atoms with E-state index >= 15 is 0 Å². The summed E-state index contributed by atoms with van der Waals surface area (Å²) < 4.78 is 27.3. The Morgan fingerprint density at radius 1 is 0.553 bits per heavy atom. The van der Waals surface area contributed by atoms with Crippen LogP contribution in [0.4, 0.5) is 4.79 Å². The first kappa shape index (κ1) is 121. The Bertz CT molecular complexity index is 5300. The van der Waals surface area contributed by atoms with Gasteiger partial charge in [-0.15, -0.1) is 12.3 Å². The Morgan fingerprint density at radius 3 is 1.48 bits per heavy atom. The topological polar surface area (TPSA) is 375 Å². The van der Waals surface area contributed by atoms with E-state index in [1.807, 2.05) is 107 Å². The van der Waals surface area contributed by atoms with Crippen molar-refractivity contribution in [3.63, 3.8) is 0 Å². The second-order valence-electron chi connectivity index (χ2n) is 35.8. The number of amides is 5. The number of ether oxygens (including phenoxy) is 5. The summed E-state index contributed by atoms with van der Waals surface area (Å²) in [6.45, 7) is 22.7. The lowest BCUT2D eigenvalue weighted by Gasteiger charge is -2.32. The van der Waals surface area contributed by atoms with Crippen molar-refractivity contribution in [3.8, 4) is 46.8 Å². The number of imide groups is 1. The van der Waals surface area contributed by atoms with Crippen LogP contribution in [0.2, 0.25) is 0 Å². The second-order valence-corrected chi connectivity index (χ2v) is 36.7. The number of carbonyl (C=O) groups is 11. The number of ketones is 3. The van der Waals surface area contributed by atoms with E-state index in [1.165, 1.54) is 166 Å². The molecule has 7 aromatic carbocycles. The van der Waals surface area contributed by atoms with Gasteiger partial charge in [-0.25, -0.2) is 29.0 Å². The number of nitrogens with zero attached hydrogens (tertiary/aromatic N) is 3. The molecular weight excluding hydrogens is 1850 g/mol. The number of carbonyl (C=O) groups excluding carboxylic acids is 10. The summed E-state index contributed by atoms with van der Waals surface area (Å²) in [5.74, 6) is 3.76. The summed E-state index contributed by atoms with van der Waals surface area (Å²) in [7, 11) is 5.71. The molecule has 7 aromatic rings. The first-order valence-electron chi connectivity index (χ1n) is 50.3. The SMILES string of the molecule is C#CCCCCC.CCCCCC#Cc1ccc(C(=O)OC)c(C)c1.CCCCCCCc1ccc(C(=O)C[C@@H](CCN)C(=O)N(C)[C@@H]2C(=O)C[C@@H](C)C(=O)N[C@H](C(=O)CC/C=N/N3CC(=O)NC3=O)Cc3ccc(OCCN)c(c3)-c3cc2ccc3OCCN)c(C)c1.CCCCCCCc1ccc(C(=O)O)c(C)c1.CCCCCCCc1ccc(C(=O)OC)c(C)c1.COC(=O)c1ccc(Br)cc1C. The lowest BCUT2D eigenvalue weighted by atomic mass is 9.87. The number of Topliss-reactive ketones (excluding diaryl/α,β-unsaturated/α-hetero) is 3. The molecule has 26 heteroatoms. The van der Waals surface area contributed by atoms with E-state index in [9.17, 15) is 52.7 Å². The second kappa shape index (κ2) is 69.0. The van der Waals surface area contributed by atoms with Gasteiger partial charge in [-0.05, 0) is 240 Å². The minimum absolute atomic E-state index is 0.0676. The van der Waals surface area contributed by atoms with Crippen LogP contribution in [-0.2, 0) is 63.9 Å². The third-order valence-electron chi connectivity index (χ3n) is 24.2. The van der Waals surface area contributed by atoms with Gasteiger partial charge in [-0.3, -0.25) is 34.1 Å². The molecule has 9 rings (SSSR count). The number of carboxylic acids is 1. The zero-order valence-electron chi connectivity index (χ0n) is 86.4. The van der Waals surface area contributed by atoms with Crippen LogP contribution in [0.3, 0.4) is 0 Å². The molecule has 9 N–H and O–H groups in total. The fourth-order valence-corrected chi connectivity index (χ4v) is 16.6. The Balaban J connectivity index is 0.000000455. The Morgan fingerprint density at radius 2 is 1.01 bits per heavy atom. The highest BCUT2D eigenvalue weighted by Crippen LogP contribution is 2.41. The van der Waals surface area contributed by atoms with Gasteiger partial charge in [-0.2, -0.15) is 5.10 Å². The third kappa shape index (κ3) is 44.0. The summed E-state index contributed by atoms with van der Waals surface area (Å²) in [6.07, 6.45) is 37.2. The molecule has 0 radical (unpaired) electrons. The van der Waals surface area contributed by atoms with Crippen molar-refractivity contribution in [2.45, 2.75) is 294 Å². The number of rotatable bonds is 46. The Labute approximate surface area is 847 Å². The number of terminal acetylenes is 1. The molecular formula is C115H157BrN8O17. The summed E-state index contributed by atoms with van der Waals surface area (Å²) in [5.41, 5.74) is 32.0. The average molecular weight is 2000 g/mol. The van der Waals surface area contributed by atoms with E-state index in [-0.39, 0.29) is 107 Å². The highest BCUT2D eigenvalue weighted by Gasteiger charge is 2.37. The number of urea groups is 1. The van der Waals surface area contributed by atoms with E-state index in [1.54, 1.807) is 55.5 Å². The number of nitrogens with two attached hydrogens (primary N) is 3. The monoisotopic (exact) mass is 2000 g/mol. The number of unbranched alkanes of at least 4 members (excludes halogenated alkanes) is 18. The molecule has 1 fully saturated rings. The fourth-order valence-electron chi connectivity index (χ4n) is 16.2. The van der Waals surface area contributed by atoms with Crippen molar-refractivity contribution in [3.05, 3.63) is 221 Å². The van der Waals surface area contributed by atoms with E-state index < -0.39 is 59.4 Å². The molecule has 2 aliphatic rings. The number of methoxy groups -OCH3 is 3. The number of hydrogen-bond donors (Lipinski definition) is 6. The summed E-state index contributed by atoms with van der Waals surface area (Å²) in [6, 6.07) is 36.1. The van der Waals surface area contributed by atoms with Crippen LogP contribution in [0.25, 0.3) is 11.1 Å². The minimum Gasteiger partial charge on any atom is -0.492 e. The molecule has 2 aliphatic heterocycles. The van der Waals surface area contributed by atoms with Crippen LogP contribution in [0.5, 0.6) is 11.5 Å². The van der Waals surface area contributed by atoms with Crippen LogP contribution < -0.4 is 37.3 Å². The quantitative estimate of drug-likeness (QED) is 0.00392. The smallest absolute Gasteiger partial charge is 0.344 e. The number of aryl methyl sites for hydroxylation is 8. The molecule has 0 aliphatic carbocycles. The van der Waals surface area contributed by atoms with Gasteiger partial charge in [0.1, 0.15) is 37.3 Å². The highest BCUT2D eigenvalue weighted by molar-refractivity contribution is 9.10. The number of benzene rings is 7. The van der Waals surface area contributed by atoms with Crippen molar-refractivity contribution in [2.75, 3.05) is 67.8 Å². The lowest BCUT2D eigenvalue weighted by molar-refractivity contribution is -0.142. The molecule has 4 bridgehead atoms. The third-order valence-corrected chi connectivity index (χ3v) is 24.7. The van der Waals surface area contributed by atoms with Crippen LogP contribution in [0.1, 0.15) is 340 Å². The van der Waals surface area contributed by atoms with Crippen molar-refractivity contribution in [1.29, 1.82) is 0 Å². The molecule has 2 heterocycles. The molecule has 0 saturated carbocycles. The molecule has 0 aromatic heterocycles. The van der Waals surface area contributed by atoms with Gasteiger partial charge in [-0.1, -0.05) is 227 Å². The summed E-state index contributed by atoms with van der Waals surface area (Å²) in [5, 5.41) is 18.9. The van der Waals surface area contributed by atoms with Crippen molar-refractivity contribution in [1.82, 2.24) is 20.5 Å². The summed E-state index contributed by atoms with van der Waals surface area (Å²) >= 11 is 3.32. The van der Waals surface area contributed by atoms with Crippen molar-refractivity contribution < 1.29 is 81.5 Å². The summed E-state index contributed by atoms with van der Waals surface area (Å²) in [4.78, 5) is 141. The molecule has 141 heavy (non-hydrogen) atoms. The zero-order valence-corrected chi connectivity index (χ0v) is 88.0. The maximum atomic E-state index is 14.8. The predicted octanol–water partition coefficient (Wildman–Crippen LogP) is 22.1. The van der Waals surface area contributed by atoms with Gasteiger partial charge < -0.3 is 56.2 Å². The number of esters is 3. The van der Waals surface area contributed by atoms with Gasteiger partial charge in [0.25, 0.3) is 0 Å². The van der Waals surface area contributed by atoms with Crippen LogP contribution in [0.15, 0.2) is 137 Å². The van der Waals surface area contributed by atoms with Crippen LogP contribution in [0, 0.1) is 70.6 Å². The van der Waals surface area contributed by atoms with E-state index in [4.69, 9.17) is 47.7 Å². The molecule has 766 valence electrons. The molecule has 0 unspecified atom stereocenters. The maximum absolute atomic E-state index is 14.8. The molecule has 5 amide bonds. The average Bonchev–Trinajstić information content (AvgIpc) is 1.22. The van der Waals surface area contributed by atoms with Crippen LogP contribution >= 0.6 is 15.9 Å². The normalized spacial score (nSPS) is 13.7. The molecule has 4 atom stereocenters. The number of nitrogens with one attached hydrogen (secondary N) is 2. The van der Waals surface area contributed by atoms with Gasteiger partial charge in [0.05, 0.1) is 49.6 Å². The Kier molecular flexibility index (Phi) is 59.4. The zero-order chi connectivity index (χ0) is 104. The first-order chi connectivity index (χ1) is 67.8. The highest BCUT2D eigenvalue weighted by atomic mass is 79.9. The molecule has 25 nitrogen and oxygen atoms in total. The number of hydrazone groups is 1. The standard InChI is InChI=1S/C52H70N8O9.C16H24O2.C16H20O2.C15H22O2.C9H9BrO2.C7H12/c1-5-6-7-8-9-11-35-13-16-39(33(2)26-35)44(62)31-38(19-20-53)51(66)59(4)49-37-15-18-47(69-25-22-55)41(30-37)40-28-36(14-17-46(40)68-24-21-54)29-42(57-50(65)34(3)27-45(49)63)43(61)12-10-23-56-60-32-48(64)58-52(60)67;2*1-4-5-6-7-8-9-14-10-11-15(13(2)12-14)16(17)18-3;1-3-4-5-6-7-8-13-9-10-14(15(16)17)12(2)11-13;1-6-5-7(10)3-4-8(6)9(11)12-2;1-3-5-7-6-4-2/h13-18,23,26,28,30,34,38,42,49H,5-12,19-22,24-25,27,29,31-32,53-55H2,1-4H3,(H,57,65)(H,58,64,67);10-12H,4-9H2,1-3H3;10-12H,4-7H2,1-3H3;9-11H,3-8H2,1-2H3,(H,16,17);3-5H,1-2H3;1H,4-7H2,2H3/b56-23+;;;;;/t34-,38-,42+,49+;;;;;/m1...../s1. The molecule has 1 saturated heterocycles. The van der Waals surface area contributed by atoms with Crippen molar-refractivity contribution in [2.24, 2.45) is 34.1 Å². The number of halogens is 1. The number of hydrogen-bond acceptors (Lipinski definition) is 20. The van der Waals surface area contributed by atoms with E-state index in [2.05, 4.69) is 94.8 Å². The number of aromatic carboxylic acids is 1. The number of carboxylic acid groups (broad SMARTS) is 1. The molecule has 0 spiro atoms.